The highest BCUT2D eigenvalue weighted by atomic mass is 16.2. The van der Waals surface area contributed by atoms with Gasteiger partial charge in [-0.05, 0) is 12.8 Å². The molecule has 0 atom stereocenters. The second-order valence-electron chi connectivity index (χ2n) is 6.12. The molecule has 5 heteroatoms. The fraction of sp³-hybridized carbons (Fsp3) is 0.733. The summed E-state index contributed by atoms with van der Waals surface area (Å²) in [6, 6.07) is 0. The number of likely N-dealkylation sites (tertiary alicyclic amines) is 1. The van der Waals surface area contributed by atoms with E-state index in [-0.39, 0.29) is 5.91 Å². The summed E-state index contributed by atoms with van der Waals surface area (Å²) in [6.45, 7) is 8.43. The summed E-state index contributed by atoms with van der Waals surface area (Å²) in [4.78, 5) is 19.2. The Morgan fingerprint density at radius 2 is 2.10 bits per heavy atom. The van der Waals surface area contributed by atoms with Crippen molar-refractivity contribution in [2.45, 2.75) is 52.1 Å². The first-order valence-corrected chi connectivity index (χ1v) is 7.73. The average molecular weight is 276 g/mol. The highest BCUT2D eigenvalue weighted by Crippen LogP contribution is 2.22. The van der Waals surface area contributed by atoms with Gasteiger partial charge >= 0.3 is 0 Å². The first kappa shape index (κ1) is 13.6. The first-order chi connectivity index (χ1) is 9.66. The van der Waals surface area contributed by atoms with E-state index in [4.69, 9.17) is 4.98 Å². The molecule has 1 fully saturated rings. The van der Waals surface area contributed by atoms with Crippen LogP contribution in [0, 0.1) is 0 Å². The lowest BCUT2D eigenvalue weighted by atomic mass is 10.2. The van der Waals surface area contributed by atoms with E-state index in [9.17, 15) is 4.79 Å². The maximum absolute atomic E-state index is 12.4. The van der Waals surface area contributed by atoms with E-state index < -0.39 is 0 Å². The van der Waals surface area contributed by atoms with Crippen LogP contribution in [-0.4, -0.2) is 40.0 Å². The number of amides is 1. The summed E-state index contributed by atoms with van der Waals surface area (Å²) in [5.41, 5.74) is 2.40. The minimum absolute atomic E-state index is 0.253. The van der Waals surface area contributed by atoms with Crippen LogP contribution in [0.2, 0.25) is 0 Å². The van der Waals surface area contributed by atoms with E-state index in [1.807, 2.05) is 4.90 Å². The van der Waals surface area contributed by atoms with Crippen LogP contribution >= 0.6 is 0 Å². The number of rotatable bonds is 3. The lowest BCUT2D eigenvalue weighted by Crippen LogP contribution is -2.33. The van der Waals surface area contributed by atoms with Crippen molar-refractivity contribution in [3.63, 3.8) is 0 Å². The van der Waals surface area contributed by atoms with Gasteiger partial charge in [-0.2, -0.15) is 0 Å². The molecule has 1 saturated heterocycles. The molecule has 0 spiro atoms. The van der Waals surface area contributed by atoms with Crippen molar-refractivity contribution < 1.29 is 4.79 Å². The van der Waals surface area contributed by atoms with Gasteiger partial charge in [-0.1, -0.05) is 13.8 Å². The largest absolute Gasteiger partial charge is 0.341 e. The Labute approximate surface area is 120 Å². The number of aromatic nitrogens is 2. The summed E-state index contributed by atoms with van der Waals surface area (Å²) in [7, 11) is 0. The van der Waals surface area contributed by atoms with Gasteiger partial charge in [-0.15, -0.1) is 0 Å². The Morgan fingerprint density at radius 3 is 2.80 bits per heavy atom. The number of fused-ring (bicyclic) bond motifs is 1. The van der Waals surface area contributed by atoms with Gasteiger partial charge in [-0.25, -0.2) is 4.98 Å². The number of nitrogens with one attached hydrogen (secondary N) is 1. The van der Waals surface area contributed by atoms with Gasteiger partial charge in [0.2, 0.25) is 5.91 Å². The lowest BCUT2D eigenvalue weighted by molar-refractivity contribution is -0.130. The third kappa shape index (κ3) is 2.46. The number of carbonyl (C=O) groups is 1. The average Bonchev–Trinajstić information content (AvgIpc) is 3.06. The minimum Gasteiger partial charge on any atom is -0.341 e. The number of imidazole rings is 1. The van der Waals surface area contributed by atoms with Crippen LogP contribution in [0.1, 0.15) is 49.8 Å². The van der Waals surface area contributed by atoms with E-state index in [2.05, 4.69) is 23.7 Å². The Balaban J connectivity index is 1.86. The normalized spacial score (nSPS) is 18.6. The second-order valence-corrected chi connectivity index (χ2v) is 6.12. The Bertz CT molecular complexity index is 500. The quantitative estimate of drug-likeness (QED) is 0.904. The van der Waals surface area contributed by atoms with Gasteiger partial charge in [0.05, 0.1) is 5.69 Å². The predicted octanol–water partition coefficient (Wildman–Crippen LogP) is 1.27. The molecule has 2 aliphatic heterocycles. The molecule has 0 radical (unpaired) electrons. The summed E-state index contributed by atoms with van der Waals surface area (Å²) in [5.74, 6) is 1.67. The molecular formula is C15H24N4O. The number of hydrogen-bond donors (Lipinski definition) is 1. The van der Waals surface area contributed by atoms with Crippen LogP contribution in [0.3, 0.4) is 0 Å². The standard InChI is InChI=1S/C15H24N4O/c1-11(2)15-17-12-9-16-6-5-13(12)19(15)10-14(20)18-7-3-4-8-18/h11,16H,3-10H2,1-2H3. The SMILES string of the molecule is CC(C)c1nc2c(n1CC(=O)N1CCCC1)CCNC2. The monoisotopic (exact) mass is 276 g/mol. The molecule has 1 N–H and O–H groups in total. The summed E-state index contributed by atoms with van der Waals surface area (Å²) < 4.78 is 2.18. The van der Waals surface area contributed by atoms with Crippen LogP contribution < -0.4 is 5.32 Å². The Hall–Kier alpha value is -1.36. The topological polar surface area (TPSA) is 50.2 Å². The van der Waals surface area contributed by atoms with Gasteiger partial charge in [-0.3, -0.25) is 4.79 Å². The summed E-state index contributed by atoms with van der Waals surface area (Å²) >= 11 is 0. The van der Waals surface area contributed by atoms with Crippen LogP contribution in [0.25, 0.3) is 0 Å². The molecule has 1 aromatic rings. The number of carbonyl (C=O) groups excluding carboxylic acids is 1. The third-order valence-corrected chi connectivity index (χ3v) is 4.28. The predicted molar refractivity (Wildman–Crippen MR) is 77.5 cm³/mol. The summed E-state index contributed by atoms with van der Waals surface area (Å²) in [5, 5.41) is 3.36. The molecule has 20 heavy (non-hydrogen) atoms. The highest BCUT2D eigenvalue weighted by Gasteiger charge is 2.25. The number of hydrogen-bond acceptors (Lipinski definition) is 3. The van der Waals surface area contributed by atoms with E-state index in [0.717, 1.165) is 57.0 Å². The molecule has 1 aromatic heterocycles. The molecule has 5 nitrogen and oxygen atoms in total. The van der Waals surface area contributed by atoms with E-state index in [1.54, 1.807) is 0 Å². The zero-order valence-electron chi connectivity index (χ0n) is 12.5. The molecule has 0 bridgehead atoms. The van der Waals surface area contributed by atoms with Crippen LogP contribution in [0.5, 0.6) is 0 Å². The van der Waals surface area contributed by atoms with Crippen molar-refractivity contribution in [2.24, 2.45) is 0 Å². The fourth-order valence-electron chi connectivity index (χ4n) is 3.21. The molecule has 0 aliphatic carbocycles. The highest BCUT2D eigenvalue weighted by molar-refractivity contribution is 5.76. The van der Waals surface area contributed by atoms with Gasteiger partial charge in [0.1, 0.15) is 12.4 Å². The fourth-order valence-corrected chi connectivity index (χ4v) is 3.21. The molecular weight excluding hydrogens is 252 g/mol. The maximum Gasteiger partial charge on any atom is 0.242 e. The molecule has 3 heterocycles. The maximum atomic E-state index is 12.4. The van der Waals surface area contributed by atoms with E-state index in [0.29, 0.717) is 12.5 Å². The van der Waals surface area contributed by atoms with Crippen molar-refractivity contribution in [1.29, 1.82) is 0 Å². The first-order valence-electron chi connectivity index (χ1n) is 7.73. The van der Waals surface area contributed by atoms with Gasteiger partial charge < -0.3 is 14.8 Å². The third-order valence-electron chi connectivity index (χ3n) is 4.28. The van der Waals surface area contributed by atoms with Crippen molar-refractivity contribution in [3.8, 4) is 0 Å². The molecule has 1 amide bonds. The molecule has 0 aromatic carbocycles. The smallest absolute Gasteiger partial charge is 0.242 e. The minimum atomic E-state index is 0.253. The van der Waals surface area contributed by atoms with E-state index >= 15 is 0 Å². The lowest BCUT2D eigenvalue weighted by Gasteiger charge is -2.20. The van der Waals surface area contributed by atoms with Gasteiger partial charge in [0.15, 0.2) is 0 Å². The van der Waals surface area contributed by atoms with Crippen LogP contribution in [-0.2, 0) is 24.3 Å². The van der Waals surface area contributed by atoms with Crippen LogP contribution in [0.15, 0.2) is 0 Å². The molecule has 0 unspecified atom stereocenters. The van der Waals surface area contributed by atoms with Crippen molar-refractivity contribution in [2.75, 3.05) is 19.6 Å². The Morgan fingerprint density at radius 1 is 1.35 bits per heavy atom. The van der Waals surface area contributed by atoms with Gasteiger partial charge in [0.25, 0.3) is 0 Å². The van der Waals surface area contributed by atoms with Crippen molar-refractivity contribution in [3.05, 3.63) is 17.2 Å². The zero-order valence-corrected chi connectivity index (χ0v) is 12.5. The van der Waals surface area contributed by atoms with Crippen molar-refractivity contribution in [1.82, 2.24) is 19.8 Å². The molecule has 0 saturated carbocycles. The van der Waals surface area contributed by atoms with E-state index in [1.165, 1.54) is 5.69 Å². The Kier molecular flexibility index (Phi) is 3.78. The number of nitrogens with zero attached hydrogens (tertiary/aromatic N) is 3. The molecule has 3 rings (SSSR count). The van der Waals surface area contributed by atoms with Crippen LogP contribution in [0.4, 0.5) is 0 Å². The second kappa shape index (κ2) is 5.56. The molecule has 2 aliphatic rings. The van der Waals surface area contributed by atoms with Crippen molar-refractivity contribution >= 4 is 5.91 Å². The van der Waals surface area contributed by atoms with Gasteiger partial charge in [0, 0.05) is 44.2 Å². The molecule has 110 valence electrons. The summed E-state index contributed by atoms with van der Waals surface area (Å²) in [6.07, 6.45) is 3.27. The zero-order chi connectivity index (χ0) is 14.1.